The Morgan fingerprint density at radius 3 is 2.76 bits per heavy atom. The second kappa shape index (κ2) is 7.03. The van der Waals surface area contributed by atoms with Crippen molar-refractivity contribution in [1.29, 1.82) is 0 Å². The molecule has 4 rings (SSSR count). The summed E-state index contributed by atoms with van der Waals surface area (Å²) in [6.07, 6.45) is 2.45. The lowest BCUT2D eigenvalue weighted by atomic mass is 10.1. The van der Waals surface area contributed by atoms with E-state index in [2.05, 4.69) is 29.2 Å². The number of aryl methyl sites for hydroxylation is 1. The fourth-order valence-electron chi connectivity index (χ4n) is 2.55. The van der Waals surface area contributed by atoms with Crippen molar-refractivity contribution in [1.82, 2.24) is 15.1 Å². The van der Waals surface area contributed by atoms with Crippen LogP contribution in [0.1, 0.15) is 22.6 Å². The van der Waals surface area contributed by atoms with Crippen molar-refractivity contribution >= 4 is 11.8 Å². The maximum Gasteiger partial charge on any atom is 0.202 e. The lowest BCUT2D eigenvalue weighted by Gasteiger charge is -1.98. The molecule has 0 unspecified atom stereocenters. The quantitative estimate of drug-likeness (QED) is 0.503. The summed E-state index contributed by atoms with van der Waals surface area (Å²) in [4.78, 5) is 8.05. The summed E-state index contributed by atoms with van der Waals surface area (Å²) in [7, 11) is 0. The van der Waals surface area contributed by atoms with Gasteiger partial charge >= 0.3 is 0 Å². The third kappa shape index (κ3) is 3.69. The zero-order valence-corrected chi connectivity index (χ0v) is 14.5. The van der Waals surface area contributed by atoms with Gasteiger partial charge in [0.25, 0.3) is 0 Å². The van der Waals surface area contributed by atoms with Gasteiger partial charge in [-0.1, -0.05) is 47.3 Å². The van der Waals surface area contributed by atoms with Crippen LogP contribution in [0.5, 0.6) is 0 Å². The van der Waals surface area contributed by atoms with E-state index in [0.717, 1.165) is 28.7 Å². The maximum atomic E-state index is 5.32. The van der Waals surface area contributed by atoms with Gasteiger partial charge in [-0.3, -0.25) is 0 Å². The molecule has 1 aromatic carbocycles. The lowest BCUT2D eigenvalue weighted by Crippen LogP contribution is -1.90. The maximum absolute atomic E-state index is 5.32. The number of thioether (sulfide) groups is 1. The number of rotatable bonds is 6. The Hall–Kier alpha value is -2.73. The Morgan fingerprint density at radius 1 is 1.08 bits per heavy atom. The molecule has 0 saturated heterocycles. The van der Waals surface area contributed by atoms with Crippen LogP contribution < -0.4 is 0 Å². The summed E-state index contributed by atoms with van der Waals surface area (Å²) in [5.74, 6) is 2.01. The first-order valence-corrected chi connectivity index (χ1v) is 8.98. The SMILES string of the molecule is Cc1[nH]c(SCc2cc(-c3ccco3)on2)nc1Cc1ccccc1. The summed E-state index contributed by atoms with van der Waals surface area (Å²) >= 11 is 1.61. The molecule has 6 heteroatoms. The molecule has 0 atom stereocenters. The van der Waals surface area contributed by atoms with Gasteiger partial charge in [-0.05, 0) is 24.6 Å². The summed E-state index contributed by atoms with van der Waals surface area (Å²) < 4.78 is 10.6. The number of nitrogens with one attached hydrogen (secondary N) is 1. The van der Waals surface area contributed by atoms with Crippen LogP contribution in [0.3, 0.4) is 0 Å². The summed E-state index contributed by atoms with van der Waals surface area (Å²) in [5.41, 5.74) is 4.29. The van der Waals surface area contributed by atoms with Crippen molar-refractivity contribution in [2.75, 3.05) is 0 Å². The second-order valence-corrected chi connectivity index (χ2v) is 6.69. The monoisotopic (exact) mass is 351 g/mol. The molecule has 126 valence electrons. The molecule has 25 heavy (non-hydrogen) atoms. The fraction of sp³-hybridized carbons (Fsp3) is 0.158. The highest BCUT2D eigenvalue weighted by Crippen LogP contribution is 2.25. The first-order chi connectivity index (χ1) is 12.3. The molecule has 0 aliphatic heterocycles. The van der Waals surface area contributed by atoms with Crippen molar-refractivity contribution in [2.24, 2.45) is 0 Å². The Balaban J connectivity index is 1.41. The van der Waals surface area contributed by atoms with Gasteiger partial charge in [-0.15, -0.1) is 0 Å². The van der Waals surface area contributed by atoms with Crippen LogP contribution >= 0.6 is 11.8 Å². The second-order valence-electron chi connectivity index (χ2n) is 5.72. The third-order valence-electron chi connectivity index (χ3n) is 3.86. The molecule has 5 nitrogen and oxygen atoms in total. The van der Waals surface area contributed by atoms with E-state index in [1.54, 1.807) is 18.0 Å². The standard InChI is InChI=1S/C19H17N3O2S/c1-13-16(10-14-6-3-2-4-7-14)21-19(20-13)25-12-15-11-18(24-22-15)17-8-5-9-23-17/h2-9,11H,10,12H2,1H3,(H,20,21). The minimum atomic E-state index is 0.640. The number of imidazole rings is 1. The lowest BCUT2D eigenvalue weighted by molar-refractivity contribution is 0.413. The average Bonchev–Trinajstić information content (AvgIpc) is 3.35. The molecule has 4 aromatic rings. The van der Waals surface area contributed by atoms with Crippen LogP contribution in [0.25, 0.3) is 11.5 Å². The van der Waals surface area contributed by atoms with Gasteiger partial charge in [0.05, 0.1) is 17.7 Å². The molecule has 0 spiro atoms. The Morgan fingerprint density at radius 2 is 1.96 bits per heavy atom. The molecular weight excluding hydrogens is 334 g/mol. The Kier molecular flexibility index (Phi) is 4.43. The number of aromatic nitrogens is 3. The van der Waals surface area contributed by atoms with Gasteiger partial charge in [0.1, 0.15) is 0 Å². The predicted molar refractivity (Wildman–Crippen MR) is 96.3 cm³/mol. The molecule has 0 saturated carbocycles. The molecule has 0 aliphatic carbocycles. The number of aromatic amines is 1. The first-order valence-electron chi connectivity index (χ1n) is 7.99. The number of benzene rings is 1. The van der Waals surface area contributed by atoms with E-state index in [1.165, 1.54) is 5.56 Å². The number of H-pyrrole nitrogens is 1. The zero-order chi connectivity index (χ0) is 17.1. The van der Waals surface area contributed by atoms with E-state index in [0.29, 0.717) is 17.3 Å². The van der Waals surface area contributed by atoms with E-state index in [9.17, 15) is 0 Å². The largest absolute Gasteiger partial charge is 0.461 e. The van der Waals surface area contributed by atoms with Crippen LogP contribution in [-0.4, -0.2) is 15.1 Å². The number of hydrogen-bond acceptors (Lipinski definition) is 5. The summed E-state index contributed by atoms with van der Waals surface area (Å²) in [6.45, 7) is 2.06. The summed E-state index contributed by atoms with van der Waals surface area (Å²) in [6, 6.07) is 15.9. The highest BCUT2D eigenvalue weighted by molar-refractivity contribution is 7.98. The fourth-order valence-corrected chi connectivity index (χ4v) is 3.37. The highest BCUT2D eigenvalue weighted by Gasteiger charge is 2.12. The Bertz CT molecular complexity index is 942. The minimum absolute atomic E-state index is 0.640. The average molecular weight is 351 g/mol. The normalized spacial score (nSPS) is 11.1. The zero-order valence-electron chi connectivity index (χ0n) is 13.7. The third-order valence-corrected chi connectivity index (χ3v) is 4.76. The number of nitrogens with zero attached hydrogens (tertiary/aromatic N) is 2. The molecule has 3 aromatic heterocycles. The van der Waals surface area contributed by atoms with E-state index in [-0.39, 0.29) is 0 Å². The Labute approximate surface area is 149 Å². The van der Waals surface area contributed by atoms with E-state index >= 15 is 0 Å². The van der Waals surface area contributed by atoms with Crippen molar-refractivity contribution < 1.29 is 8.94 Å². The van der Waals surface area contributed by atoms with Crippen LogP contribution in [0.15, 0.2) is 68.9 Å². The van der Waals surface area contributed by atoms with Gasteiger partial charge in [-0.2, -0.15) is 0 Å². The van der Waals surface area contributed by atoms with Crippen molar-refractivity contribution in [3.63, 3.8) is 0 Å². The van der Waals surface area contributed by atoms with Gasteiger partial charge in [0, 0.05) is 23.9 Å². The molecule has 0 radical (unpaired) electrons. The first kappa shape index (κ1) is 15.8. The molecule has 1 N–H and O–H groups in total. The van der Waals surface area contributed by atoms with Gasteiger partial charge in [-0.25, -0.2) is 4.98 Å². The summed E-state index contributed by atoms with van der Waals surface area (Å²) in [5, 5.41) is 4.98. The van der Waals surface area contributed by atoms with E-state index < -0.39 is 0 Å². The van der Waals surface area contributed by atoms with E-state index in [1.807, 2.05) is 36.4 Å². The highest BCUT2D eigenvalue weighted by atomic mass is 32.2. The molecule has 0 aliphatic rings. The molecule has 0 bridgehead atoms. The van der Waals surface area contributed by atoms with Crippen LogP contribution in [0.2, 0.25) is 0 Å². The predicted octanol–water partition coefficient (Wildman–Crippen LogP) is 4.85. The van der Waals surface area contributed by atoms with Gasteiger partial charge in [0.2, 0.25) is 5.76 Å². The van der Waals surface area contributed by atoms with Crippen LogP contribution in [0.4, 0.5) is 0 Å². The molecule has 0 amide bonds. The van der Waals surface area contributed by atoms with E-state index in [4.69, 9.17) is 13.9 Å². The number of hydrogen-bond donors (Lipinski definition) is 1. The minimum Gasteiger partial charge on any atom is -0.461 e. The smallest absolute Gasteiger partial charge is 0.202 e. The molecule has 3 heterocycles. The van der Waals surface area contributed by atoms with Crippen molar-refractivity contribution in [2.45, 2.75) is 24.3 Å². The van der Waals surface area contributed by atoms with Gasteiger partial charge < -0.3 is 13.9 Å². The topological polar surface area (TPSA) is 67.8 Å². The number of furan rings is 1. The van der Waals surface area contributed by atoms with Crippen molar-refractivity contribution in [3.8, 4) is 11.5 Å². The molecule has 0 fully saturated rings. The van der Waals surface area contributed by atoms with Crippen LogP contribution in [-0.2, 0) is 12.2 Å². The molecular formula is C19H17N3O2S. The van der Waals surface area contributed by atoms with Gasteiger partial charge in [0.15, 0.2) is 10.9 Å². The van der Waals surface area contributed by atoms with Crippen LogP contribution in [0, 0.1) is 6.92 Å². The van der Waals surface area contributed by atoms with Crippen molar-refractivity contribution in [3.05, 3.63) is 77.4 Å².